The average Bonchev–Trinajstić information content (AvgIpc) is 2.98. The molecular formula is C17H26N4O4S. The van der Waals surface area contributed by atoms with Crippen LogP contribution >= 0.6 is 0 Å². The smallest absolute Gasteiger partial charge is 0.317 e. The first-order valence-electron chi connectivity index (χ1n) is 8.58. The summed E-state index contributed by atoms with van der Waals surface area (Å²) in [6.07, 6.45) is 0. The van der Waals surface area contributed by atoms with Gasteiger partial charge in [-0.05, 0) is 24.1 Å². The first-order valence-corrected chi connectivity index (χ1v) is 10.1. The summed E-state index contributed by atoms with van der Waals surface area (Å²) in [5.41, 5.74) is 0.329. The fraction of sp³-hybridized carbons (Fsp3) is 0.529. The molecule has 1 saturated heterocycles. The van der Waals surface area contributed by atoms with E-state index in [4.69, 9.17) is 0 Å². The second-order valence-electron chi connectivity index (χ2n) is 6.72. The number of nitrogens with one attached hydrogen (secondary N) is 2. The van der Waals surface area contributed by atoms with Crippen molar-refractivity contribution in [1.29, 1.82) is 0 Å². The Bertz CT molecular complexity index is 764. The minimum Gasteiger partial charge on any atom is -0.341 e. The van der Waals surface area contributed by atoms with Gasteiger partial charge < -0.3 is 15.1 Å². The first kappa shape index (κ1) is 20.2. The number of amides is 3. The Morgan fingerprint density at radius 1 is 1.38 bits per heavy atom. The largest absolute Gasteiger partial charge is 0.341 e. The van der Waals surface area contributed by atoms with Gasteiger partial charge in [-0.1, -0.05) is 19.9 Å². The molecule has 1 heterocycles. The van der Waals surface area contributed by atoms with Crippen LogP contribution < -0.4 is 10.0 Å². The Labute approximate surface area is 154 Å². The highest BCUT2D eigenvalue weighted by Gasteiger charge is 2.21. The number of urea groups is 1. The lowest BCUT2D eigenvalue weighted by Gasteiger charge is -2.19. The SMILES string of the molecule is CC(C)CN(C)C(=O)c1cccc(S(=O)(=O)NCCN2CCNC2=O)c1. The van der Waals surface area contributed by atoms with Gasteiger partial charge >= 0.3 is 6.03 Å². The second-order valence-corrected chi connectivity index (χ2v) is 8.49. The third kappa shape index (κ3) is 5.18. The van der Waals surface area contributed by atoms with Gasteiger partial charge in [-0.3, -0.25) is 4.79 Å². The maximum Gasteiger partial charge on any atom is 0.317 e. The molecule has 1 aromatic rings. The number of carbonyl (C=O) groups is 2. The molecule has 0 unspecified atom stereocenters. The molecule has 0 atom stereocenters. The first-order chi connectivity index (χ1) is 12.2. The Hall–Kier alpha value is -2.13. The van der Waals surface area contributed by atoms with Crippen LogP contribution in [0.15, 0.2) is 29.2 Å². The van der Waals surface area contributed by atoms with Crippen LogP contribution in [0.5, 0.6) is 0 Å². The van der Waals surface area contributed by atoms with Gasteiger partial charge in [-0.25, -0.2) is 17.9 Å². The fourth-order valence-corrected chi connectivity index (χ4v) is 3.84. The lowest BCUT2D eigenvalue weighted by Crippen LogP contribution is -2.36. The van der Waals surface area contributed by atoms with Crippen molar-refractivity contribution < 1.29 is 18.0 Å². The third-order valence-corrected chi connectivity index (χ3v) is 5.45. The summed E-state index contributed by atoms with van der Waals surface area (Å²) in [4.78, 5) is 27.1. The Balaban J connectivity index is 2.02. The van der Waals surface area contributed by atoms with E-state index in [0.29, 0.717) is 37.7 Å². The lowest BCUT2D eigenvalue weighted by molar-refractivity contribution is 0.0779. The van der Waals surface area contributed by atoms with Crippen molar-refractivity contribution in [2.45, 2.75) is 18.7 Å². The van der Waals surface area contributed by atoms with Crippen LogP contribution in [0.2, 0.25) is 0 Å². The van der Waals surface area contributed by atoms with Gasteiger partial charge in [0, 0.05) is 45.3 Å². The summed E-state index contributed by atoms with van der Waals surface area (Å²) in [7, 11) is -2.06. The molecule has 2 rings (SSSR count). The van der Waals surface area contributed by atoms with Gasteiger partial charge in [0.2, 0.25) is 10.0 Å². The number of hydrogen-bond acceptors (Lipinski definition) is 4. The molecule has 1 fully saturated rings. The minimum absolute atomic E-state index is 0.0344. The van der Waals surface area contributed by atoms with Gasteiger partial charge in [-0.2, -0.15) is 0 Å². The Morgan fingerprint density at radius 2 is 2.12 bits per heavy atom. The van der Waals surface area contributed by atoms with E-state index in [0.717, 1.165) is 0 Å². The van der Waals surface area contributed by atoms with E-state index in [-0.39, 0.29) is 23.4 Å². The predicted octanol–water partition coefficient (Wildman–Crippen LogP) is 0.718. The zero-order valence-corrected chi connectivity index (χ0v) is 16.2. The molecule has 144 valence electrons. The molecule has 0 saturated carbocycles. The van der Waals surface area contributed by atoms with Gasteiger partial charge in [0.05, 0.1) is 4.90 Å². The Kier molecular flexibility index (Phi) is 6.60. The zero-order chi connectivity index (χ0) is 19.3. The summed E-state index contributed by atoms with van der Waals surface area (Å²) < 4.78 is 27.4. The molecule has 3 amide bonds. The zero-order valence-electron chi connectivity index (χ0n) is 15.4. The van der Waals surface area contributed by atoms with Crippen molar-refractivity contribution in [2.24, 2.45) is 5.92 Å². The second kappa shape index (κ2) is 8.50. The number of hydrogen-bond donors (Lipinski definition) is 2. The number of rotatable bonds is 8. The molecule has 2 N–H and O–H groups in total. The van der Waals surface area contributed by atoms with Crippen LogP contribution in [0.3, 0.4) is 0 Å². The normalized spacial score (nSPS) is 14.6. The van der Waals surface area contributed by atoms with Crippen molar-refractivity contribution in [1.82, 2.24) is 19.8 Å². The standard InChI is InChI=1S/C17H26N4O4S/c1-13(2)12-20(3)16(22)14-5-4-6-15(11-14)26(24,25)19-8-10-21-9-7-18-17(21)23/h4-6,11,13,19H,7-10,12H2,1-3H3,(H,18,23). The van der Waals surface area contributed by atoms with E-state index < -0.39 is 10.0 Å². The van der Waals surface area contributed by atoms with Crippen molar-refractivity contribution in [3.05, 3.63) is 29.8 Å². The molecule has 1 aliphatic rings. The highest BCUT2D eigenvalue weighted by Crippen LogP contribution is 2.13. The van der Waals surface area contributed by atoms with Crippen LogP contribution in [0.4, 0.5) is 4.79 Å². The number of benzene rings is 1. The van der Waals surface area contributed by atoms with Gasteiger partial charge in [0.1, 0.15) is 0 Å². The summed E-state index contributed by atoms with van der Waals surface area (Å²) >= 11 is 0. The lowest BCUT2D eigenvalue weighted by atomic mass is 10.1. The summed E-state index contributed by atoms with van der Waals surface area (Å²) in [6, 6.07) is 5.80. The van der Waals surface area contributed by atoms with Gasteiger partial charge in [0.15, 0.2) is 0 Å². The third-order valence-electron chi connectivity index (χ3n) is 4.00. The van der Waals surface area contributed by atoms with Crippen LogP contribution in [0.25, 0.3) is 0 Å². The molecule has 1 aliphatic heterocycles. The summed E-state index contributed by atoms with van der Waals surface area (Å²) in [5.74, 6) is 0.102. The molecule has 0 spiro atoms. The highest BCUT2D eigenvalue weighted by molar-refractivity contribution is 7.89. The molecule has 9 heteroatoms. The van der Waals surface area contributed by atoms with E-state index in [1.165, 1.54) is 12.1 Å². The van der Waals surface area contributed by atoms with Gasteiger partial charge in [0.25, 0.3) is 5.91 Å². The highest BCUT2D eigenvalue weighted by atomic mass is 32.2. The molecule has 0 aromatic heterocycles. The van der Waals surface area contributed by atoms with Crippen molar-refractivity contribution >= 4 is 22.0 Å². The molecule has 0 bridgehead atoms. The van der Waals surface area contributed by atoms with E-state index in [9.17, 15) is 18.0 Å². The molecule has 8 nitrogen and oxygen atoms in total. The monoisotopic (exact) mass is 382 g/mol. The molecule has 0 radical (unpaired) electrons. The molecular weight excluding hydrogens is 356 g/mol. The topological polar surface area (TPSA) is 98.8 Å². The maximum atomic E-state index is 12.5. The van der Waals surface area contributed by atoms with Crippen molar-refractivity contribution in [3.63, 3.8) is 0 Å². The van der Waals surface area contributed by atoms with E-state index in [2.05, 4.69) is 10.0 Å². The molecule has 0 aliphatic carbocycles. The van der Waals surface area contributed by atoms with E-state index in [1.54, 1.807) is 29.0 Å². The Morgan fingerprint density at radius 3 is 2.73 bits per heavy atom. The van der Waals surface area contributed by atoms with Crippen LogP contribution in [-0.4, -0.2) is 69.9 Å². The maximum absolute atomic E-state index is 12.5. The van der Waals surface area contributed by atoms with Crippen LogP contribution in [0.1, 0.15) is 24.2 Å². The number of carbonyl (C=O) groups excluding carboxylic acids is 2. The van der Waals surface area contributed by atoms with E-state index in [1.807, 2.05) is 13.8 Å². The summed E-state index contributed by atoms with van der Waals surface area (Å²) in [6.45, 7) is 6.14. The molecule has 1 aromatic carbocycles. The van der Waals surface area contributed by atoms with Crippen LogP contribution in [-0.2, 0) is 10.0 Å². The molecule has 26 heavy (non-hydrogen) atoms. The van der Waals surface area contributed by atoms with Crippen molar-refractivity contribution in [2.75, 3.05) is 39.8 Å². The van der Waals surface area contributed by atoms with Gasteiger partial charge in [-0.15, -0.1) is 0 Å². The van der Waals surface area contributed by atoms with Crippen molar-refractivity contribution in [3.8, 4) is 0 Å². The number of sulfonamides is 1. The fourth-order valence-electron chi connectivity index (χ4n) is 2.77. The average molecular weight is 382 g/mol. The van der Waals surface area contributed by atoms with E-state index >= 15 is 0 Å². The summed E-state index contributed by atoms with van der Waals surface area (Å²) in [5, 5.41) is 2.66. The quantitative estimate of drug-likeness (QED) is 0.692. The van der Waals surface area contributed by atoms with Crippen LogP contribution in [0, 0.1) is 5.92 Å². The minimum atomic E-state index is -3.75. The predicted molar refractivity (Wildman–Crippen MR) is 98.4 cm³/mol. The number of nitrogens with zero attached hydrogens (tertiary/aromatic N) is 2.